The maximum absolute atomic E-state index is 12.4. The Morgan fingerprint density at radius 2 is 2.12 bits per heavy atom. The Morgan fingerprint density at radius 3 is 2.73 bits per heavy atom. The van der Waals surface area contributed by atoms with E-state index in [9.17, 15) is 14.4 Å². The van der Waals surface area contributed by atoms with Gasteiger partial charge in [-0.05, 0) is 39.2 Å². The Morgan fingerprint density at radius 1 is 1.38 bits per heavy atom. The van der Waals surface area contributed by atoms with Gasteiger partial charge in [0.05, 0.1) is 16.5 Å². The minimum atomic E-state index is -0.822. The van der Waals surface area contributed by atoms with Gasteiger partial charge in [0, 0.05) is 18.5 Å². The zero-order valence-electron chi connectivity index (χ0n) is 14.9. The summed E-state index contributed by atoms with van der Waals surface area (Å²) in [5.41, 5.74) is 0.859. The summed E-state index contributed by atoms with van der Waals surface area (Å²) < 4.78 is 1.74. The van der Waals surface area contributed by atoms with Crippen LogP contribution in [-0.2, 0) is 16.6 Å². The highest BCUT2D eigenvalue weighted by Gasteiger charge is 2.31. The Balaban J connectivity index is 1.58. The van der Waals surface area contributed by atoms with Crippen LogP contribution < -0.4 is 10.6 Å². The van der Waals surface area contributed by atoms with Gasteiger partial charge in [0.1, 0.15) is 10.9 Å². The first-order valence-electron chi connectivity index (χ1n) is 8.53. The summed E-state index contributed by atoms with van der Waals surface area (Å²) in [6.45, 7) is 3.51. The molecule has 0 aliphatic heterocycles. The van der Waals surface area contributed by atoms with Gasteiger partial charge in [0.15, 0.2) is 0 Å². The molecule has 3 atom stereocenters. The minimum absolute atomic E-state index is 0.152. The molecule has 1 fully saturated rings. The first-order valence-corrected chi connectivity index (χ1v) is 9.35. The largest absolute Gasteiger partial charge is 0.481 e. The van der Waals surface area contributed by atoms with Crippen LogP contribution in [0.2, 0.25) is 0 Å². The standard InChI is InChI=1S/C17H22N4O4S/c1-8-12-7-13(26-16(12)21(3)20-8)15(23)18-9(2)14(22)19-11-5-4-10(6-11)17(24)25/h7,9-11H,4-6H2,1-3H3,(H,18,23)(H,19,22)(H,24,25)/t9?,10-,11+/m1/s1. The fourth-order valence-electron chi connectivity index (χ4n) is 3.31. The second-order valence-corrected chi connectivity index (χ2v) is 7.82. The molecule has 9 heteroatoms. The zero-order chi connectivity index (χ0) is 19.0. The molecule has 1 saturated carbocycles. The maximum Gasteiger partial charge on any atom is 0.306 e. The number of hydrogen-bond acceptors (Lipinski definition) is 5. The molecule has 1 aliphatic carbocycles. The van der Waals surface area contributed by atoms with Gasteiger partial charge in [0.25, 0.3) is 5.91 Å². The normalized spacial score (nSPS) is 20.9. The van der Waals surface area contributed by atoms with Crippen LogP contribution in [-0.4, -0.2) is 44.8 Å². The zero-order valence-corrected chi connectivity index (χ0v) is 15.7. The van der Waals surface area contributed by atoms with Crippen molar-refractivity contribution in [3.63, 3.8) is 0 Å². The molecule has 0 aromatic carbocycles. The van der Waals surface area contributed by atoms with Gasteiger partial charge in [-0.15, -0.1) is 11.3 Å². The van der Waals surface area contributed by atoms with Crippen LogP contribution in [0.15, 0.2) is 6.07 Å². The van der Waals surface area contributed by atoms with E-state index in [4.69, 9.17) is 5.11 Å². The molecule has 2 aromatic heterocycles. The number of nitrogens with zero attached hydrogens (tertiary/aromatic N) is 2. The van der Waals surface area contributed by atoms with E-state index in [1.807, 2.05) is 14.0 Å². The highest BCUT2D eigenvalue weighted by molar-refractivity contribution is 7.20. The molecule has 3 rings (SSSR count). The Hall–Kier alpha value is -2.42. The fraction of sp³-hybridized carbons (Fsp3) is 0.529. The third-order valence-electron chi connectivity index (χ3n) is 4.79. The van der Waals surface area contributed by atoms with Crippen LogP contribution in [0.4, 0.5) is 0 Å². The van der Waals surface area contributed by atoms with Gasteiger partial charge >= 0.3 is 5.97 Å². The predicted octanol–water partition coefficient (Wildman–Crippen LogP) is 1.43. The number of aromatic nitrogens is 2. The van der Waals surface area contributed by atoms with Crippen molar-refractivity contribution in [2.45, 2.75) is 45.2 Å². The molecular weight excluding hydrogens is 356 g/mol. The number of nitrogens with one attached hydrogen (secondary N) is 2. The van der Waals surface area contributed by atoms with Crippen molar-refractivity contribution >= 4 is 39.3 Å². The number of aliphatic carboxylic acids is 1. The summed E-state index contributed by atoms with van der Waals surface area (Å²) in [6, 6.07) is 0.938. The average Bonchev–Trinajstić information content (AvgIpc) is 3.26. The van der Waals surface area contributed by atoms with Crippen LogP contribution >= 0.6 is 11.3 Å². The van der Waals surface area contributed by atoms with Gasteiger partial charge in [-0.2, -0.15) is 5.10 Å². The number of rotatable bonds is 5. The van der Waals surface area contributed by atoms with E-state index in [1.54, 1.807) is 17.7 Å². The van der Waals surface area contributed by atoms with Crippen LogP contribution in [0.3, 0.4) is 0 Å². The summed E-state index contributed by atoms with van der Waals surface area (Å²) in [5, 5.41) is 19.8. The molecule has 1 aliphatic rings. The number of amides is 2. The summed E-state index contributed by atoms with van der Waals surface area (Å²) >= 11 is 1.33. The molecule has 1 unspecified atom stereocenters. The molecule has 2 aromatic rings. The monoisotopic (exact) mass is 378 g/mol. The number of thiophene rings is 1. The number of carbonyl (C=O) groups is 3. The summed E-state index contributed by atoms with van der Waals surface area (Å²) in [4.78, 5) is 37.2. The topological polar surface area (TPSA) is 113 Å². The van der Waals surface area contributed by atoms with Crippen molar-refractivity contribution in [2.24, 2.45) is 13.0 Å². The van der Waals surface area contributed by atoms with Crippen molar-refractivity contribution in [2.75, 3.05) is 0 Å². The summed E-state index contributed by atoms with van der Waals surface area (Å²) in [5.74, 6) is -1.82. The third kappa shape index (κ3) is 3.57. The minimum Gasteiger partial charge on any atom is -0.481 e. The van der Waals surface area contributed by atoms with Gasteiger partial charge in [-0.1, -0.05) is 0 Å². The number of aryl methyl sites for hydroxylation is 2. The van der Waals surface area contributed by atoms with E-state index in [1.165, 1.54) is 11.3 Å². The van der Waals surface area contributed by atoms with E-state index in [0.717, 1.165) is 15.9 Å². The maximum atomic E-state index is 12.4. The summed E-state index contributed by atoms with van der Waals surface area (Å²) in [7, 11) is 1.83. The fourth-order valence-corrected chi connectivity index (χ4v) is 4.34. The molecule has 8 nitrogen and oxygen atoms in total. The van der Waals surface area contributed by atoms with Crippen molar-refractivity contribution in [1.29, 1.82) is 0 Å². The lowest BCUT2D eigenvalue weighted by Gasteiger charge is -2.17. The molecule has 0 saturated heterocycles. The highest BCUT2D eigenvalue weighted by Crippen LogP contribution is 2.28. The number of carbonyl (C=O) groups excluding carboxylic acids is 2. The van der Waals surface area contributed by atoms with Crippen molar-refractivity contribution in [3.05, 3.63) is 16.6 Å². The van der Waals surface area contributed by atoms with E-state index in [-0.39, 0.29) is 17.9 Å². The van der Waals surface area contributed by atoms with E-state index < -0.39 is 17.9 Å². The predicted molar refractivity (Wildman–Crippen MR) is 97.2 cm³/mol. The molecule has 2 heterocycles. The molecule has 140 valence electrons. The van der Waals surface area contributed by atoms with Crippen LogP contribution in [0.25, 0.3) is 10.2 Å². The molecule has 0 bridgehead atoms. The first kappa shape index (κ1) is 18.4. The second-order valence-electron chi connectivity index (χ2n) is 6.79. The van der Waals surface area contributed by atoms with Crippen molar-refractivity contribution in [3.8, 4) is 0 Å². The Bertz CT molecular complexity index is 837. The molecule has 0 spiro atoms. The molecule has 0 radical (unpaired) electrons. The van der Waals surface area contributed by atoms with E-state index >= 15 is 0 Å². The van der Waals surface area contributed by atoms with Gasteiger partial charge in [-0.25, -0.2) is 0 Å². The average molecular weight is 378 g/mol. The number of hydrogen-bond donors (Lipinski definition) is 3. The lowest BCUT2D eigenvalue weighted by Crippen LogP contribution is -2.47. The van der Waals surface area contributed by atoms with Gasteiger partial charge < -0.3 is 15.7 Å². The lowest BCUT2D eigenvalue weighted by atomic mass is 10.1. The quantitative estimate of drug-likeness (QED) is 0.728. The van der Waals surface area contributed by atoms with Crippen LogP contribution in [0, 0.1) is 12.8 Å². The Kier molecular flexibility index (Phi) is 4.99. The number of carboxylic acids is 1. The third-order valence-corrected chi connectivity index (χ3v) is 5.99. The number of fused-ring (bicyclic) bond motifs is 1. The second kappa shape index (κ2) is 7.06. The lowest BCUT2D eigenvalue weighted by molar-refractivity contribution is -0.141. The molecule has 26 heavy (non-hydrogen) atoms. The van der Waals surface area contributed by atoms with Crippen molar-refractivity contribution in [1.82, 2.24) is 20.4 Å². The van der Waals surface area contributed by atoms with Crippen LogP contribution in [0.1, 0.15) is 41.6 Å². The van der Waals surface area contributed by atoms with E-state index in [0.29, 0.717) is 24.1 Å². The van der Waals surface area contributed by atoms with Crippen LogP contribution in [0.5, 0.6) is 0 Å². The van der Waals surface area contributed by atoms with Crippen molar-refractivity contribution < 1.29 is 19.5 Å². The SMILES string of the molecule is Cc1nn(C)c2sc(C(=O)NC(C)C(=O)N[C@H]3CC[C@@H](C(=O)O)C3)cc12. The smallest absolute Gasteiger partial charge is 0.306 e. The Labute approximate surface area is 154 Å². The highest BCUT2D eigenvalue weighted by atomic mass is 32.1. The summed E-state index contributed by atoms with van der Waals surface area (Å²) in [6.07, 6.45) is 1.65. The van der Waals surface area contributed by atoms with E-state index in [2.05, 4.69) is 15.7 Å². The molecule has 2 amide bonds. The first-order chi connectivity index (χ1) is 12.3. The van der Waals surface area contributed by atoms with Gasteiger partial charge in [-0.3, -0.25) is 19.1 Å². The molecule has 3 N–H and O–H groups in total. The number of carboxylic acid groups (broad SMARTS) is 1. The molecular formula is C17H22N4O4S. The van der Waals surface area contributed by atoms with Gasteiger partial charge in [0.2, 0.25) is 5.91 Å².